The van der Waals surface area contributed by atoms with Gasteiger partial charge in [-0.1, -0.05) is 23.2 Å². The van der Waals surface area contributed by atoms with E-state index < -0.39 is 12.0 Å². The van der Waals surface area contributed by atoms with Crippen LogP contribution in [-0.4, -0.2) is 39.5 Å². The molecule has 0 radical (unpaired) electrons. The van der Waals surface area contributed by atoms with E-state index in [9.17, 15) is 9.59 Å². The smallest absolute Gasteiger partial charge is 0.326 e. The van der Waals surface area contributed by atoms with E-state index in [1.165, 1.54) is 17.2 Å². The number of carbonyl (C=O) groups is 2. The van der Waals surface area contributed by atoms with Crippen molar-refractivity contribution in [1.29, 1.82) is 0 Å². The third-order valence-corrected chi connectivity index (χ3v) is 3.53. The van der Waals surface area contributed by atoms with Gasteiger partial charge in [-0.2, -0.15) is 0 Å². The minimum absolute atomic E-state index is 0.115. The molecule has 0 unspecified atom stereocenters. The van der Waals surface area contributed by atoms with Crippen LogP contribution >= 0.6 is 23.2 Å². The van der Waals surface area contributed by atoms with Crippen molar-refractivity contribution in [1.82, 2.24) is 9.88 Å². The van der Waals surface area contributed by atoms with Crippen molar-refractivity contribution in [3.8, 4) is 0 Å². The highest BCUT2D eigenvalue weighted by molar-refractivity contribution is 6.41. The zero-order valence-electron chi connectivity index (χ0n) is 9.27. The Hall–Kier alpha value is -1.33. The van der Waals surface area contributed by atoms with E-state index in [0.717, 1.165) is 0 Å². The summed E-state index contributed by atoms with van der Waals surface area (Å²) in [4.78, 5) is 28.3. The molecule has 1 aromatic heterocycles. The van der Waals surface area contributed by atoms with E-state index in [1.807, 2.05) is 0 Å². The summed E-state index contributed by atoms with van der Waals surface area (Å²) >= 11 is 11.4. The number of aromatic nitrogens is 1. The van der Waals surface area contributed by atoms with Crippen molar-refractivity contribution in [3.05, 3.63) is 28.0 Å². The first-order valence-corrected chi connectivity index (χ1v) is 6.11. The minimum atomic E-state index is -0.992. The number of carboxylic acids is 1. The van der Waals surface area contributed by atoms with Gasteiger partial charge in [0.05, 0.1) is 10.6 Å². The monoisotopic (exact) mass is 288 g/mol. The molecule has 18 heavy (non-hydrogen) atoms. The zero-order chi connectivity index (χ0) is 13.3. The van der Waals surface area contributed by atoms with Crippen molar-refractivity contribution >= 4 is 35.1 Å². The average Bonchev–Trinajstić information content (AvgIpc) is 2.81. The van der Waals surface area contributed by atoms with Gasteiger partial charge in [0.2, 0.25) is 0 Å². The average molecular weight is 289 g/mol. The maximum Gasteiger partial charge on any atom is 0.326 e. The number of rotatable bonds is 2. The molecule has 1 aromatic rings. The number of likely N-dealkylation sites (tertiary alicyclic amines) is 1. The van der Waals surface area contributed by atoms with Crippen molar-refractivity contribution in [3.63, 3.8) is 0 Å². The van der Waals surface area contributed by atoms with E-state index in [1.54, 1.807) is 0 Å². The molecule has 0 saturated carbocycles. The van der Waals surface area contributed by atoms with Gasteiger partial charge in [0.25, 0.3) is 5.91 Å². The number of hydrogen-bond acceptors (Lipinski definition) is 3. The SMILES string of the molecule is O=C(O)[C@@H]1CCCN1C(=O)c1cnc(Cl)c(Cl)c1. The Morgan fingerprint density at radius 3 is 2.78 bits per heavy atom. The van der Waals surface area contributed by atoms with E-state index in [-0.39, 0.29) is 21.6 Å². The summed E-state index contributed by atoms with van der Waals surface area (Å²) in [5.74, 6) is -1.38. The number of aliphatic carboxylic acids is 1. The van der Waals surface area contributed by atoms with Crippen LogP contribution in [0.15, 0.2) is 12.3 Å². The largest absolute Gasteiger partial charge is 0.480 e. The molecule has 0 bridgehead atoms. The molecule has 1 saturated heterocycles. The lowest BCUT2D eigenvalue weighted by molar-refractivity contribution is -0.141. The second kappa shape index (κ2) is 5.12. The molecule has 5 nitrogen and oxygen atoms in total. The van der Waals surface area contributed by atoms with Crippen LogP contribution in [-0.2, 0) is 4.79 Å². The van der Waals surface area contributed by atoms with E-state index in [2.05, 4.69) is 4.98 Å². The number of carbonyl (C=O) groups excluding carboxylic acids is 1. The van der Waals surface area contributed by atoms with Gasteiger partial charge in [-0.15, -0.1) is 0 Å². The molecular weight excluding hydrogens is 279 g/mol. The zero-order valence-corrected chi connectivity index (χ0v) is 10.8. The van der Waals surface area contributed by atoms with E-state index in [0.29, 0.717) is 19.4 Å². The fourth-order valence-corrected chi connectivity index (χ4v) is 2.24. The van der Waals surface area contributed by atoms with E-state index >= 15 is 0 Å². The quantitative estimate of drug-likeness (QED) is 0.846. The molecule has 1 aliphatic rings. The molecule has 0 aliphatic carbocycles. The lowest BCUT2D eigenvalue weighted by Gasteiger charge is -2.21. The first-order chi connectivity index (χ1) is 8.50. The minimum Gasteiger partial charge on any atom is -0.480 e. The molecular formula is C11H10Cl2N2O3. The van der Waals surface area contributed by atoms with Crippen LogP contribution in [0.3, 0.4) is 0 Å². The summed E-state index contributed by atoms with van der Waals surface area (Å²) in [5, 5.41) is 9.31. The highest BCUT2D eigenvalue weighted by Crippen LogP contribution is 2.24. The van der Waals surface area contributed by atoms with Crippen LogP contribution in [0.2, 0.25) is 10.2 Å². The fraction of sp³-hybridized carbons (Fsp3) is 0.364. The molecule has 7 heteroatoms. The van der Waals surface area contributed by atoms with Crippen molar-refractivity contribution in [2.75, 3.05) is 6.54 Å². The predicted molar refractivity (Wildman–Crippen MR) is 66.0 cm³/mol. The third-order valence-electron chi connectivity index (χ3n) is 2.84. The van der Waals surface area contributed by atoms with E-state index in [4.69, 9.17) is 28.3 Å². The predicted octanol–water partition coefficient (Wildman–Crippen LogP) is 2.08. The Morgan fingerprint density at radius 2 is 2.17 bits per heavy atom. The third kappa shape index (κ3) is 2.42. The Labute approximate surface area is 113 Å². The fourth-order valence-electron chi connectivity index (χ4n) is 1.97. The second-order valence-corrected chi connectivity index (χ2v) is 4.76. The van der Waals surface area contributed by atoms with Crippen molar-refractivity contribution in [2.45, 2.75) is 18.9 Å². The first kappa shape index (κ1) is 13.1. The topological polar surface area (TPSA) is 70.5 Å². The number of carboxylic acid groups (broad SMARTS) is 1. The Bertz CT molecular complexity index is 507. The summed E-state index contributed by atoms with van der Waals surface area (Å²) < 4.78 is 0. The summed E-state index contributed by atoms with van der Waals surface area (Å²) in [7, 11) is 0. The van der Waals surface area contributed by atoms with Gasteiger partial charge in [-0.05, 0) is 18.9 Å². The van der Waals surface area contributed by atoms with Gasteiger partial charge in [-0.3, -0.25) is 4.79 Å². The Kier molecular flexibility index (Phi) is 3.73. The molecule has 1 aliphatic heterocycles. The van der Waals surface area contributed by atoms with Crippen LogP contribution in [0.25, 0.3) is 0 Å². The number of halogens is 2. The molecule has 1 atom stereocenters. The number of hydrogen-bond donors (Lipinski definition) is 1. The molecule has 0 aromatic carbocycles. The number of nitrogens with zero attached hydrogens (tertiary/aromatic N) is 2. The van der Waals surface area contributed by atoms with Crippen LogP contribution < -0.4 is 0 Å². The summed E-state index contributed by atoms with van der Waals surface area (Å²) in [5.41, 5.74) is 0.248. The lowest BCUT2D eigenvalue weighted by atomic mass is 10.2. The molecule has 1 fully saturated rings. The Morgan fingerprint density at radius 1 is 1.44 bits per heavy atom. The molecule has 1 amide bonds. The summed E-state index contributed by atoms with van der Waals surface area (Å²) in [6, 6.07) is 0.628. The molecule has 2 rings (SSSR count). The molecule has 96 valence electrons. The van der Waals surface area contributed by atoms with Gasteiger partial charge >= 0.3 is 5.97 Å². The lowest BCUT2D eigenvalue weighted by Crippen LogP contribution is -2.40. The van der Waals surface area contributed by atoms with Gasteiger partial charge < -0.3 is 10.0 Å². The van der Waals surface area contributed by atoms with Gasteiger partial charge in [-0.25, -0.2) is 9.78 Å². The summed E-state index contributed by atoms with van der Waals surface area (Å²) in [6.45, 7) is 0.427. The highest BCUT2D eigenvalue weighted by atomic mass is 35.5. The first-order valence-electron chi connectivity index (χ1n) is 5.35. The van der Waals surface area contributed by atoms with Crippen LogP contribution in [0.5, 0.6) is 0 Å². The van der Waals surface area contributed by atoms with Crippen LogP contribution in [0, 0.1) is 0 Å². The van der Waals surface area contributed by atoms with Gasteiger partial charge in [0.15, 0.2) is 0 Å². The van der Waals surface area contributed by atoms with Crippen molar-refractivity contribution in [2.24, 2.45) is 0 Å². The highest BCUT2D eigenvalue weighted by Gasteiger charge is 2.34. The number of pyridine rings is 1. The van der Waals surface area contributed by atoms with Gasteiger partial charge in [0.1, 0.15) is 11.2 Å². The Balaban J connectivity index is 2.25. The standard InChI is InChI=1S/C11H10Cl2N2O3/c12-7-4-6(5-14-9(7)13)10(16)15-3-1-2-8(15)11(17)18/h4-5,8H,1-3H2,(H,17,18)/t8-/m0/s1. The number of amides is 1. The molecule has 2 heterocycles. The summed E-state index contributed by atoms with van der Waals surface area (Å²) in [6.07, 6.45) is 2.45. The van der Waals surface area contributed by atoms with Gasteiger partial charge in [0, 0.05) is 12.7 Å². The second-order valence-electron chi connectivity index (χ2n) is 3.99. The normalized spacial score (nSPS) is 19.0. The van der Waals surface area contributed by atoms with Crippen molar-refractivity contribution < 1.29 is 14.7 Å². The maximum absolute atomic E-state index is 12.1. The molecule has 0 spiro atoms. The van der Waals surface area contributed by atoms with Crippen LogP contribution in [0.1, 0.15) is 23.2 Å². The maximum atomic E-state index is 12.1. The molecule has 1 N–H and O–H groups in total. The van der Waals surface area contributed by atoms with Crippen LogP contribution in [0.4, 0.5) is 0 Å².